The quantitative estimate of drug-likeness (QED) is 0.783. The Morgan fingerprint density at radius 2 is 2.00 bits per heavy atom. The summed E-state index contributed by atoms with van der Waals surface area (Å²) in [5.41, 5.74) is 0.746. The molecule has 1 heterocycles. The van der Waals surface area contributed by atoms with E-state index in [1.54, 1.807) is 6.07 Å². The maximum Gasteiger partial charge on any atom is 0.224 e. The fourth-order valence-corrected chi connectivity index (χ4v) is 1.98. The van der Waals surface area contributed by atoms with E-state index < -0.39 is 0 Å². The molecule has 1 aliphatic heterocycles. The van der Waals surface area contributed by atoms with Crippen LogP contribution in [0.1, 0.15) is 26.7 Å². The van der Waals surface area contributed by atoms with Crippen molar-refractivity contribution in [3.05, 3.63) is 18.2 Å². The van der Waals surface area contributed by atoms with Crippen LogP contribution in [0.2, 0.25) is 0 Å². The van der Waals surface area contributed by atoms with E-state index in [0.29, 0.717) is 31.4 Å². The van der Waals surface area contributed by atoms with E-state index in [0.717, 1.165) is 24.4 Å². The molecule has 1 aromatic rings. The second-order valence-electron chi connectivity index (χ2n) is 5.12. The monoisotopic (exact) mass is 278 g/mol. The van der Waals surface area contributed by atoms with Gasteiger partial charge in [0.2, 0.25) is 5.91 Å². The predicted molar refractivity (Wildman–Crippen MR) is 78.4 cm³/mol. The van der Waals surface area contributed by atoms with Gasteiger partial charge in [0.15, 0.2) is 11.5 Å². The first-order valence-electron chi connectivity index (χ1n) is 7.08. The number of hydrogen-bond donors (Lipinski definition) is 2. The lowest BCUT2D eigenvalue weighted by atomic mass is 10.2. The van der Waals surface area contributed by atoms with Crippen molar-refractivity contribution in [3.8, 4) is 11.5 Å². The van der Waals surface area contributed by atoms with Crippen molar-refractivity contribution >= 4 is 11.6 Å². The lowest BCUT2D eigenvalue weighted by Gasteiger charge is -2.19. The number of ether oxygens (including phenoxy) is 2. The van der Waals surface area contributed by atoms with Gasteiger partial charge in [0.25, 0.3) is 0 Å². The van der Waals surface area contributed by atoms with E-state index in [4.69, 9.17) is 9.47 Å². The third kappa shape index (κ3) is 4.42. The number of carbonyl (C=O) groups excluding carboxylic acids is 1. The fourth-order valence-electron chi connectivity index (χ4n) is 1.98. The molecular formula is C15H22N2O3. The number of anilines is 1. The molecule has 0 bridgehead atoms. The third-order valence-electron chi connectivity index (χ3n) is 2.96. The van der Waals surface area contributed by atoms with Gasteiger partial charge in [-0.3, -0.25) is 4.79 Å². The Labute approximate surface area is 119 Å². The third-order valence-corrected chi connectivity index (χ3v) is 2.96. The van der Waals surface area contributed by atoms with Crippen LogP contribution >= 0.6 is 0 Å². The molecule has 0 aromatic heterocycles. The van der Waals surface area contributed by atoms with Gasteiger partial charge in [-0.15, -0.1) is 0 Å². The summed E-state index contributed by atoms with van der Waals surface area (Å²) in [7, 11) is 0. The van der Waals surface area contributed by atoms with E-state index >= 15 is 0 Å². The van der Waals surface area contributed by atoms with Gasteiger partial charge >= 0.3 is 0 Å². The molecule has 0 spiro atoms. The maximum absolute atomic E-state index is 11.8. The molecule has 1 amide bonds. The van der Waals surface area contributed by atoms with Gasteiger partial charge in [-0.1, -0.05) is 13.8 Å². The first-order chi connectivity index (χ1) is 9.65. The normalized spacial score (nSPS) is 13.3. The molecule has 5 heteroatoms. The topological polar surface area (TPSA) is 59.6 Å². The first-order valence-corrected chi connectivity index (χ1v) is 7.08. The molecule has 0 saturated carbocycles. The molecular weight excluding hydrogens is 256 g/mol. The number of rotatable bonds is 6. The summed E-state index contributed by atoms with van der Waals surface area (Å²) >= 11 is 0. The van der Waals surface area contributed by atoms with Crippen LogP contribution in [0, 0.1) is 0 Å². The minimum absolute atomic E-state index is 0.0206. The highest BCUT2D eigenvalue weighted by Crippen LogP contribution is 2.32. The summed E-state index contributed by atoms with van der Waals surface area (Å²) < 4.78 is 10.9. The highest BCUT2D eigenvalue weighted by atomic mass is 16.6. The number of benzene rings is 1. The van der Waals surface area contributed by atoms with Crippen molar-refractivity contribution in [2.75, 3.05) is 25.1 Å². The van der Waals surface area contributed by atoms with Crippen LogP contribution < -0.4 is 20.1 Å². The lowest BCUT2D eigenvalue weighted by Crippen LogP contribution is -2.24. The summed E-state index contributed by atoms with van der Waals surface area (Å²) in [4.78, 5) is 11.8. The Kier molecular flexibility index (Phi) is 5.24. The van der Waals surface area contributed by atoms with Crippen molar-refractivity contribution in [1.29, 1.82) is 0 Å². The summed E-state index contributed by atoms with van der Waals surface area (Å²) in [6.45, 7) is 6.16. The molecule has 2 N–H and O–H groups in total. The van der Waals surface area contributed by atoms with E-state index in [1.807, 2.05) is 12.1 Å². The predicted octanol–water partition coefficient (Wildman–Crippen LogP) is 2.17. The molecule has 20 heavy (non-hydrogen) atoms. The van der Waals surface area contributed by atoms with Gasteiger partial charge in [0, 0.05) is 24.2 Å². The van der Waals surface area contributed by atoms with Gasteiger partial charge in [-0.05, 0) is 25.1 Å². The lowest BCUT2D eigenvalue weighted by molar-refractivity contribution is -0.116. The number of carbonyl (C=O) groups is 1. The van der Waals surface area contributed by atoms with Crippen LogP contribution in [0.3, 0.4) is 0 Å². The number of nitrogens with one attached hydrogen (secondary N) is 2. The Morgan fingerprint density at radius 1 is 1.25 bits per heavy atom. The molecule has 0 radical (unpaired) electrons. The van der Waals surface area contributed by atoms with Crippen molar-refractivity contribution in [2.45, 2.75) is 32.7 Å². The van der Waals surface area contributed by atoms with Crippen molar-refractivity contribution < 1.29 is 14.3 Å². The van der Waals surface area contributed by atoms with Crippen molar-refractivity contribution in [3.63, 3.8) is 0 Å². The molecule has 1 aromatic carbocycles. The van der Waals surface area contributed by atoms with E-state index in [1.165, 1.54) is 0 Å². The van der Waals surface area contributed by atoms with Gasteiger partial charge in [0.1, 0.15) is 13.2 Å². The zero-order valence-corrected chi connectivity index (χ0v) is 12.1. The van der Waals surface area contributed by atoms with Crippen LogP contribution in [-0.2, 0) is 4.79 Å². The van der Waals surface area contributed by atoms with Gasteiger partial charge < -0.3 is 20.1 Å². The van der Waals surface area contributed by atoms with Crippen molar-refractivity contribution in [1.82, 2.24) is 5.32 Å². The standard InChI is InChI=1S/C15H22N2O3/c1-11(2)16-7-3-4-15(18)17-12-5-6-13-14(10-12)20-9-8-19-13/h5-6,10-11,16H,3-4,7-9H2,1-2H3,(H,17,18). The number of fused-ring (bicyclic) bond motifs is 1. The van der Waals surface area contributed by atoms with Gasteiger partial charge in [-0.2, -0.15) is 0 Å². The molecule has 2 rings (SSSR count). The van der Waals surface area contributed by atoms with Crippen LogP contribution in [0.25, 0.3) is 0 Å². The second kappa shape index (κ2) is 7.14. The van der Waals surface area contributed by atoms with Gasteiger partial charge in [-0.25, -0.2) is 0 Å². The Bertz CT molecular complexity index is 460. The van der Waals surface area contributed by atoms with Crippen molar-refractivity contribution in [2.24, 2.45) is 0 Å². The minimum Gasteiger partial charge on any atom is -0.486 e. The minimum atomic E-state index is 0.0206. The molecule has 0 fully saturated rings. The molecule has 0 atom stereocenters. The SMILES string of the molecule is CC(C)NCCCC(=O)Nc1ccc2c(c1)OCCO2. The van der Waals surface area contributed by atoms with Crippen LogP contribution in [0.5, 0.6) is 11.5 Å². The Morgan fingerprint density at radius 3 is 2.75 bits per heavy atom. The highest BCUT2D eigenvalue weighted by molar-refractivity contribution is 5.91. The molecule has 110 valence electrons. The molecule has 1 aliphatic rings. The van der Waals surface area contributed by atoms with Crippen LogP contribution in [0.15, 0.2) is 18.2 Å². The summed E-state index contributed by atoms with van der Waals surface area (Å²) in [5, 5.41) is 6.17. The zero-order chi connectivity index (χ0) is 14.4. The molecule has 0 unspecified atom stereocenters. The van der Waals surface area contributed by atoms with E-state index in [2.05, 4.69) is 24.5 Å². The molecule has 0 saturated heterocycles. The fraction of sp³-hybridized carbons (Fsp3) is 0.533. The maximum atomic E-state index is 11.8. The second-order valence-corrected chi connectivity index (χ2v) is 5.12. The highest BCUT2D eigenvalue weighted by Gasteiger charge is 2.12. The van der Waals surface area contributed by atoms with E-state index in [-0.39, 0.29) is 5.91 Å². The average Bonchev–Trinajstić information content (AvgIpc) is 2.43. The summed E-state index contributed by atoms with van der Waals surface area (Å²) in [6, 6.07) is 5.91. The Hall–Kier alpha value is -1.75. The summed E-state index contributed by atoms with van der Waals surface area (Å²) in [6.07, 6.45) is 1.34. The smallest absolute Gasteiger partial charge is 0.224 e. The first kappa shape index (κ1) is 14.7. The largest absolute Gasteiger partial charge is 0.486 e. The molecule has 0 aliphatic carbocycles. The number of hydrogen-bond acceptors (Lipinski definition) is 4. The Balaban J connectivity index is 1.79. The summed E-state index contributed by atoms with van der Waals surface area (Å²) in [5.74, 6) is 1.44. The van der Waals surface area contributed by atoms with E-state index in [9.17, 15) is 4.79 Å². The number of amides is 1. The average molecular weight is 278 g/mol. The van der Waals surface area contributed by atoms with Crippen LogP contribution in [-0.4, -0.2) is 31.7 Å². The van der Waals surface area contributed by atoms with Crippen LogP contribution in [0.4, 0.5) is 5.69 Å². The van der Waals surface area contributed by atoms with Gasteiger partial charge in [0.05, 0.1) is 0 Å². The zero-order valence-electron chi connectivity index (χ0n) is 12.1. The molecule has 5 nitrogen and oxygen atoms in total.